The van der Waals surface area contributed by atoms with Crippen molar-refractivity contribution in [2.24, 2.45) is 7.05 Å². The fourth-order valence-electron chi connectivity index (χ4n) is 1.60. The number of ketones is 1. The average Bonchev–Trinajstić information content (AvgIpc) is 2.63. The van der Waals surface area contributed by atoms with Crippen LogP contribution in [-0.4, -0.2) is 15.3 Å². The molecular weight excluding hydrogens is 207 g/mol. The summed E-state index contributed by atoms with van der Waals surface area (Å²) in [5, 5.41) is 0. The molecule has 2 rings (SSSR count). The minimum atomic E-state index is -0.334. The van der Waals surface area contributed by atoms with Gasteiger partial charge in [0, 0.05) is 12.6 Å². The molecule has 2 aromatic rings. The number of aromatic nitrogens is 2. The molecule has 0 radical (unpaired) electrons. The average molecular weight is 218 g/mol. The number of hydrogen-bond donors (Lipinski definition) is 0. The van der Waals surface area contributed by atoms with Gasteiger partial charge in [-0.15, -0.1) is 0 Å². The normalized spacial score (nSPS) is 10.4. The van der Waals surface area contributed by atoms with Crippen LogP contribution in [0.4, 0.5) is 4.39 Å². The first-order valence-corrected chi connectivity index (χ1v) is 4.87. The number of carbonyl (C=O) groups excluding carboxylic acids is 1. The summed E-state index contributed by atoms with van der Waals surface area (Å²) >= 11 is 0. The highest BCUT2D eigenvalue weighted by Crippen LogP contribution is 2.14. The van der Waals surface area contributed by atoms with Crippen molar-refractivity contribution >= 4 is 5.78 Å². The van der Waals surface area contributed by atoms with Crippen LogP contribution in [0.15, 0.2) is 30.7 Å². The molecule has 0 unspecified atom stereocenters. The van der Waals surface area contributed by atoms with Gasteiger partial charge in [0.05, 0.1) is 12.5 Å². The van der Waals surface area contributed by atoms with Crippen LogP contribution in [0.25, 0.3) is 0 Å². The van der Waals surface area contributed by atoms with Crippen LogP contribution in [0.2, 0.25) is 0 Å². The lowest BCUT2D eigenvalue weighted by Gasteiger charge is -2.05. The summed E-state index contributed by atoms with van der Waals surface area (Å²) in [5.41, 5.74) is 1.63. The molecule has 0 fully saturated rings. The van der Waals surface area contributed by atoms with Crippen molar-refractivity contribution in [3.8, 4) is 0 Å². The Bertz CT molecular complexity index is 546. The first-order chi connectivity index (χ1) is 7.59. The standard InChI is InChI=1S/C12H11FN2O/c1-8-5-9(13)3-4-10(8)12(16)11-6-14-7-15(11)2/h3-7H,1-2H3. The summed E-state index contributed by atoms with van der Waals surface area (Å²) in [7, 11) is 1.75. The monoisotopic (exact) mass is 218 g/mol. The molecule has 0 saturated carbocycles. The van der Waals surface area contributed by atoms with Crippen LogP contribution in [0.5, 0.6) is 0 Å². The lowest BCUT2D eigenvalue weighted by atomic mass is 10.0. The minimum absolute atomic E-state index is 0.141. The van der Waals surface area contributed by atoms with Crippen molar-refractivity contribution in [3.05, 3.63) is 53.4 Å². The van der Waals surface area contributed by atoms with E-state index in [-0.39, 0.29) is 11.6 Å². The van der Waals surface area contributed by atoms with Crippen LogP contribution < -0.4 is 0 Å². The quantitative estimate of drug-likeness (QED) is 0.723. The molecule has 0 aliphatic rings. The van der Waals surface area contributed by atoms with E-state index in [0.717, 1.165) is 0 Å². The Morgan fingerprint density at radius 1 is 1.44 bits per heavy atom. The Hall–Kier alpha value is -1.97. The lowest BCUT2D eigenvalue weighted by Crippen LogP contribution is -2.08. The van der Waals surface area contributed by atoms with Crippen LogP contribution in [0.3, 0.4) is 0 Å². The minimum Gasteiger partial charge on any atom is -0.331 e. The molecule has 0 atom stereocenters. The Kier molecular flexibility index (Phi) is 2.56. The van der Waals surface area contributed by atoms with Gasteiger partial charge in [-0.1, -0.05) is 0 Å². The Morgan fingerprint density at radius 3 is 2.75 bits per heavy atom. The number of imidazole rings is 1. The molecule has 0 aliphatic carbocycles. The van der Waals surface area contributed by atoms with Crippen LogP contribution >= 0.6 is 0 Å². The van der Waals surface area contributed by atoms with E-state index in [2.05, 4.69) is 4.98 Å². The van der Waals surface area contributed by atoms with Gasteiger partial charge in [-0.25, -0.2) is 9.37 Å². The fraction of sp³-hybridized carbons (Fsp3) is 0.167. The molecule has 3 nitrogen and oxygen atoms in total. The molecular formula is C12H11FN2O. The van der Waals surface area contributed by atoms with E-state index >= 15 is 0 Å². The first kappa shape index (κ1) is 10.5. The predicted octanol–water partition coefficient (Wildman–Crippen LogP) is 2.10. The molecule has 4 heteroatoms. The summed E-state index contributed by atoms with van der Waals surface area (Å²) in [4.78, 5) is 16.0. The number of aryl methyl sites for hydroxylation is 2. The second-order valence-electron chi connectivity index (χ2n) is 3.68. The molecule has 0 aliphatic heterocycles. The van der Waals surface area contributed by atoms with E-state index in [1.165, 1.54) is 24.4 Å². The largest absolute Gasteiger partial charge is 0.331 e. The fourth-order valence-corrected chi connectivity index (χ4v) is 1.60. The van der Waals surface area contributed by atoms with Gasteiger partial charge in [-0.3, -0.25) is 4.79 Å². The lowest BCUT2D eigenvalue weighted by molar-refractivity contribution is 0.103. The molecule has 0 saturated heterocycles. The Labute approximate surface area is 92.5 Å². The van der Waals surface area contributed by atoms with Gasteiger partial charge in [0.1, 0.15) is 11.5 Å². The summed E-state index contributed by atoms with van der Waals surface area (Å²) in [6.07, 6.45) is 3.07. The molecule has 1 aromatic heterocycles. The number of nitrogens with zero attached hydrogens (tertiary/aromatic N) is 2. The maximum absolute atomic E-state index is 12.9. The molecule has 82 valence electrons. The highest BCUT2D eigenvalue weighted by Gasteiger charge is 2.14. The zero-order valence-electron chi connectivity index (χ0n) is 9.07. The van der Waals surface area contributed by atoms with E-state index in [1.807, 2.05) is 0 Å². The Morgan fingerprint density at radius 2 is 2.19 bits per heavy atom. The molecule has 0 amide bonds. The van der Waals surface area contributed by atoms with Gasteiger partial charge in [0.15, 0.2) is 0 Å². The second kappa shape index (κ2) is 3.89. The number of halogens is 1. The summed E-state index contributed by atoms with van der Waals surface area (Å²) < 4.78 is 14.5. The van der Waals surface area contributed by atoms with Crippen LogP contribution in [-0.2, 0) is 7.05 Å². The molecule has 0 spiro atoms. The third kappa shape index (κ3) is 1.74. The van der Waals surface area contributed by atoms with Crippen molar-refractivity contribution in [1.82, 2.24) is 9.55 Å². The third-order valence-electron chi connectivity index (χ3n) is 2.48. The van der Waals surface area contributed by atoms with Crippen molar-refractivity contribution in [2.45, 2.75) is 6.92 Å². The highest BCUT2D eigenvalue weighted by molar-refractivity contribution is 6.08. The molecule has 1 heterocycles. The van der Waals surface area contributed by atoms with Crippen LogP contribution in [0.1, 0.15) is 21.6 Å². The number of hydrogen-bond acceptors (Lipinski definition) is 2. The van der Waals surface area contributed by atoms with E-state index in [0.29, 0.717) is 16.8 Å². The van der Waals surface area contributed by atoms with Gasteiger partial charge < -0.3 is 4.57 Å². The van der Waals surface area contributed by atoms with Gasteiger partial charge in [-0.05, 0) is 30.7 Å². The van der Waals surface area contributed by atoms with Gasteiger partial charge >= 0.3 is 0 Å². The van der Waals surface area contributed by atoms with Gasteiger partial charge in [0.2, 0.25) is 5.78 Å². The first-order valence-electron chi connectivity index (χ1n) is 4.87. The second-order valence-corrected chi connectivity index (χ2v) is 3.68. The number of rotatable bonds is 2. The van der Waals surface area contributed by atoms with E-state index in [1.54, 1.807) is 24.9 Å². The third-order valence-corrected chi connectivity index (χ3v) is 2.48. The highest BCUT2D eigenvalue weighted by atomic mass is 19.1. The topological polar surface area (TPSA) is 34.9 Å². The number of carbonyl (C=O) groups is 1. The Balaban J connectivity index is 2.46. The van der Waals surface area contributed by atoms with Crippen LogP contribution in [0, 0.1) is 12.7 Å². The van der Waals surface area contributed by atoms with Crippen molar-refractivity contribution in [3.63, 3.8) is 0 Å². The molecule has 0 N–H and O–H groups in total. The van der Waals surface area contributed by atoms with Crippen molar-refractivity contribution in [1.29, 1.82) is 0 Å². The predicted molar refractivity (Wildman–Crippen MR) is 57.8 cm³/mol. The maximum atomic E-state index is 12.9. The smallest absolute Gasteiger partial charge is 0.211 e. The molecule has 1 aromatic carbocycles. The van der Waals surface area contributed by atoms with E-state index in [9.17, 15) is 9.18 Å². The SMILES string of the molecule is Cc1cc(F)ccc1C(=O)c1cncn1C. The van der Waals surface area contributed by atoms with Crippen molar-refractivity contribution in [2.75, 3.05) is 0 Å². The van der Waals surface area contributed by atoms with Crippen molar-refractivity contribution < 1.29 is 9.18 Å². The summed E-state index contributed by atoms with van der Waals surface area (Å²) in [6.45, 7) is 1.71. The van der Waals surface area contributed by atoms with Gasteiger partial charge in [-0.2, -0.15) is 0 Å². The van der Waals surface area contributed by atoms with E-state index in [4.69, 9.17) is 0 Å². The zero-order chi connectivity index (χ0) is 11.7. The molecule has 16 heavy (non-hydrogen) atoms. The maximum Gasteiger partial charge on any atom is 0.211 e. The summed E-state index contributed by atoms with van der Waals surface area (Å²) in [5.74, 6) is -0.475. The van der Waals surface area contributed by atoms with E-state index < -0.39 is 0 Å². The molecule has 0 bridgehead atoms. The zero-order valence-corrected chi connectivity index (χ0v) is 9.07. The number of benzene rings is 1. The summed E-state index contributed by atoms with van der Waals surface area (Å²) in [6, 6.07) is 4.14. The van der Waals surface area contributed by atoms with Gasteiger partial charge in [0.25, 0.3) is 0 Å².